The number of amides is 1. The van der Waals surface area contributed by atoms with Gasteiger partial charge in [0, 0.05) is 19.2 Å². The number of halogens is 1. The molecule has 2 N–H and O–H groups in total. The zero-order valence-corrected chi connectivity index (χ0v) is 11.0. The molecule has 1 aromatic carbocycles. The quantitative estimate of drug-likeness (QED) is 0.846. The molecule has 0 unspecified atom stereocenters. The Kier molecular flexibility index (Phi) is 4.11. The molecule has 0 radical (unpaired) electrons. The number of pyridine rings is 1. The van der Waals surface area contributed by atoms with Crippen LogP contribution in [0.1, 0.15) is 12.5 Å². The number of nitrogens with zero attached hydrogens (tertiary/aromatic N) is 3. The average Bonchev–Trinajstić information content (AvgIpc) is 2.46. The van der Waals surface area contributed by atoms with Crippen molar-refractivity contribution in [2.24, 2.45) is 0 Å². The lowest BCUT2D eigenvalue weighted by Crippen LogP contribution is -2.24. The molecule has 0 bridgehead atoms. The van der Waals surface area contributed by atoms with E-state index in [0.717, 1.165) is 17.0 Å². The summed E-state index contributed by atoms with van der Waals surface area (Å²) in [5, 5.41) is 17.8. The Morgan fingerprint density at radius 1 is 1.43 bits per heavy atom. The summed E-state index contributed by atoms with van der Waals surface area (Å²) in [7, 11) is 0. The summed E-state index contributed by atoms with van der Waals surface area (Å²) >= 11 is 0. The van der Waals surface area contributed by atoms with Gasteiger partial charge in [0.15, 0.2) is 0 Å². The van der Waals surface area contributed by atoms with Crippen LogP contribution in [0.5, 0.6) is 0 Å². The van der Waals surface area contributed by atoms with Crippen molar-refractivity contribution < 1.29 is 14.4 Å². The van der Waals surface area contributed by atoms with E-state index in [4.69, 9.17) is 10.5 Å². The van der Waals surface area contributed by atoms with Crippen LogP contribution in [-0.4, -0.2) is 16.1 Å². The molecule has 0 aliphatic rings. The molecule has 2 rings (SSSR count). The highest BCUT2D eigenvalue weighted by molar-refractivity contribution is 5.98. The van der Waals surface area contributed by atoms with Gasteiger partial charge < -0.3 is 0 Å². The standard InChI is InChI=1S/C14H11FN4O2/c1-9(20)19(14-7-12(18-21)2-3-17-14)13-5-10(8-16)4-11(15)6-13/h2-7,21H,1H3,(H,17,18). The smallest absolute Gasteiger partial charge is 0.229 e. The van der Waals surface area contributed by atoms with E-state index in [9.17, 15) is 9.18 Å². The van der Waals surface area contributed by atoms with Crippen LogP contribution >= 0.6 is 0 Å². The summed E-state index contributed by atoms with van der Waals surface area (Å²) in [6.07, 6.45) is 1.38. The molecule has 106 valence electrons. The van der Waals surface area contributed by atoms with Crippen LogP contribution in [0.2, 0.25) is 0 Å². The van der Waals surface area contributed by atoms with Crippen molar-refractivity contribution in [3.8, 4) is 6.07 Å². The maximum Gasteiger partial charge on any atom is 0.229 e. The van der Waals surface area contributed by atoms with Crippen molar-refractivity contribution in [2.75, 3.05) is 10.4 Å². The van der Waals surface area contributed by atoms with Crippen LogP contribution in [0.3, 0.4) is 0 Å². The Bertz CT molecular complexity index is 727. The fraction of sp³-hybridized carbons (Fsp3) is 0.0714. The second kappa shape index (κ2) is 5.98. The highest BCUT2D eigenvalue weighted by atomic mass is 19.1. The van der Waals surface area contributed by atoms with Gasteiger partial charge in [0.25, 0.3) is 0 Å². The lowest BCUT2D eigenvalue weighted by molar-refractivity contribution is -0.115. The third kappa shape index (κ3) is 3.13. The van der Waals surface area contributed by atoms with Gasteiger partial charge in [0.05, 0.1) is 23.0 Å². The minimum Gasteiger partial charge on any atom is -0.291 e. The summed E-state index contributed by atoms with van der Waals surface area (Å²) in [5.74, 6) is -0.852. The van der Waals surface area contributed by atoms with Crippen molar-refractivity contribution in [2.45, 2.75) is 6.92 Å². The first-order chi connectivity index (χ1) is 10.0. The Hall–Kier alpha value is -2.98. The monoisotopic (exact) mass is 286 g/mol. The molecular weight excluding hydrogens is 275 g/mol. The average molecular weight is 286 g/mol. The summed E-state index contributed by atoms with van der Waals surface area (Å²) in [6.45, 7) is 1.29. The van der Waals surface area contributed by atoms with Crippen LogP contribution in [0.25, 0.3) is 0 Å². The third-order valence-corrected chi connectivity index (χ3v) is 2.69. The number of hydrogen-bond donors (Lipinski definition) is 2. The lowest BCUT2D eigenvalue weighted by Gasteiger charge is -2.20. The second-order valence-corrected chi connectivity index (χ2v) is 4.18. The zero-order valence-electron chi connectivity index (χ0n) is 11.0. The SMILES string of the molecule is CC(=O)N(c1cc(F)cc(C#N)c1)c1cc(NO)ccn1. The van der Waals surface area contributed by atoms with Gasteiger partial charge in [-0.1, -0.05) is 0 Å². The molecule has 2 aromatic rings. The molecule has 0 saturated carbocycles. The van der Waals surface area contributed by atoms with Crippen molar-refractivity contribution in [3.05, 3.63) is 47.9 Å². The number of nitrogens with one attached hydrogen (secondary N) is 1. The first-order valence-corrected chi connectivity index (χ1v) is 5.92. The van der Waals surface area contributed by atoms with Gasteiger partial charge in [-0.25, -0.2) is 9.37 Å². The topological polar surface area (TPSA) is 89.2 Å². The van der Waals surface area contributed by atoms with Crippen molar-refractivity contribution >= 4 is 23.1 Å². The van der Waals surface area contributed by atoms with E-state index in [-0.39, 0.29) is 17.1 Å². The summed E-state index contributed by atoms with van der Waals surface area (Å²) in [5.41, 5.74) is 2.54. The minimum absolute atomic E-state index is 0.0905. The fourth-order valence-corrected chi connectivity index (χ4v) is 1.85. The predicted octanol–water partition coefficient (Wildman–Crippen LogP) is 2.58. The van der Waals surface area contributed by atoms with Crippen LogP contribution in [0.15, 0.2) is 36.5 Å². The molecule has 7 heteroatoms. The van der Waals surface area contributed by atoms with E-state index in [2.05, 4.69) is 4.98 Å². The predicted molar refractivity (Wildman–Crippen MR) is 73.6 cm³/mol. The number of nitriles is 1. The van der Waals surface area contributed by atoms with Gasteiger partial charge >= 0.3 is 0 Å². The molecule has 0 saturated heterocycles. The van der Waals surface area contributed by atoms with Crippen LogP contribution < -0.4 is 10.4 Å². The summed E-state index contributed by atoms with van der Waals surface area (Å²) in [4.78, 5) is 17.0. The molecule has 0 spiro atoms. The molecule has 0 atom stereocenters. The summed E-state index contributed by atoms with van der Waals surface area (Å²) in [6, 6.07) is 8.31. The summed E-state index contributed by atoms with van der Waals surface area (Å²) < 4.78 is 13.5. The number of carbonyl (C=O) groups excluding carboxylic acids is 1. The van der Waals surface area contributed by atoms with Crippen molar-refractivity contribution in [1.29, 1.82) is 5.26 Å². The van der Waals surface area contributed by atoms with Crippen molar-refractivity contribution in [3.63, 3.8) is 0 Å². The Morgan fingerprint density at radius 2 is 2.19 bits per heavy atom. The van der Waals surface area contributed by atoms with E-state index in [1.807, 2.05) is 11.5 Å². The molecule has 21 heavy (non-hydrogen) atoms. The molecule has 0 fully saturated rings. The van der Waals surface area contributed by atoms with Gasteiger partial charge in [-0.2, -0.15) is 5.26 Å². The number of anilines is 3. The van der Waals surface area contributed by atoms with Gasteiger partial charge in [0.2, 0.25) is 5.91 Å². The molecule has 0 aliphatic carbocycles. The number of aromatic nitrogens is 1. The number of benzene rings is 1. The number of hydrogen-bond acceptors (Lipinski definition) is 5. The zero-order chi connectivity index (χ0) is 15.4. The fourth-order valence-electron chi connectivity index (χ4n) is 1.85. The number of rotatable bonds is 3. The lowest BCUT2D eigenvalue weighted by atomic mass is 10.2. The van der Waals surface area contributed by atoms with E-state index in [1.54, 1.807) is 0 Å². The van der Waals surface area contributed by atoms with Crippen LogP contribution in [-0.2, 0) is 4.79 Å². The van der Waals surface area contributed by atoms with Gasteiger partial charge in [-0.15, -0.1) is 0 Å². The molecule has 6 nitrogen and oxygen atoms in total. The number of carbonyl (C=O) groups is 1. The van der Waals surface area contributed by atoms with E-state index < -0.39 is 11.7 Å². The molecule has 1 heterocycles. The molecule has 1 amide bonds. The van der Waals surface area contributed by atoms with Crippen molar-refractivity contribution in [1.82, 2.24) is 4.98 Å². The first-order valence-electron chi connectivity index (χ1n) is 5.92. The van der Waals surface area contributed by atoms with Crippen LogP contribution in [0.4, 0.5) is 21.6 Å². The van der Waals surface area contributed by atoms with E-state index in [0.29, 0.717) is 5.69 Å². The highest BCUT2D eigenvalue weighted by Crippen LogP contribution is 2.27. The largest absolute Gasteiger partial charge is 0.291 e. The Morgan fingerprint density at radius 3 is 2.81 bits per heavy atom. The van der Waals surface area contributed by atoms with Gasteiger partial charge in [-0.3, -0.25) is 20.4 Å². The molecular formula is C14H11FN4O2. The van der Waals surface area contributed by atoms with E-state index in [1.165, 1.54) is 31.3 Å². The Balaban J connectivity index is 2.56. The first kappa shape index (κ1) is 14.4. The van der Waals surface area contributed by atoms with E-state index >= 15 is 0 Å². The maximum atomic E-state index is 13.5. The van der Waals surface area contributed by atoms with Gasteiger partial charge in [-0.05, 0) is 24.3 Å². The van der Waals surface area contributed by atoms with Crippen LogP contribution in [0, 0.1) is 17.1 Å². The maximum absolute atomic E-state index is 13.5. The highest BCUT2D eigenvalue weighted by Gasteiger charge is 2.17. The minimum atomic E-state index is -0.633. The Labute approximate surface area is 120 Å². The van der Waals surface area contributed by atoms with Gasteiger partial charge in [0.1, 0.15) is 11.6 Å². The second-order valence-electron chi connectivity index (χ2n) is 4.18. The molecule has 0 aliphatic heterocycles. The molecule has 1 aromatic heterocycles. The normalized spacial score (nSPS) is 9.81. The third-order valence-electron chi connectivity index (χ3n) is 2.69.